The van der Waals surface area contributed by atoms with Crippen LogP contribution in [0.5, 0.6) is 0 Å². The molecule has 1 saturated carbocycles. The first kappa shape index (κ1) is 19.8. The molecule has 2 aliphatic heterocycles. The van der Waals surface area contributed by atoms with E-state index in [0.717, 1.165) is 16.8 Å². The monoisotopic (exact) mass is 419 g/mol. The maximum absolute atomic E-state index is 12.9. The first-order valence-electron chi connectivity index (χ1n) is 10.7. The van der Waals surface area contributed by atoms with Crippen LogP contribution in [0.15, 0.2) is 48.5 Å². The standard InChI is InChI=1S/C24H25N3O4/c28-21-19(15-18-3-1-2-4-20(18)25-21)16-5-7-17(8-6-16)22(29)26-11-13-27(14-12-26)23(30)24(31)9-10-24/h1-8,19,31H,9-15H2,(H,25,28). The van der Waals surface area contributed by atoms with E-state index in [1.807, 2.05) is 36.4 Å². The van der Waals surface area contributed by atoms with E-state index in [2.05, 4.69) is 5.32 Å². The van der Waals surface area contributed by atoms with Gasteiger partial charge in [0.2, 0.25) is 5.91 Å². The minimum Gasteiger partial charge on any atom is -0.380 e. The lowest BCUT2D eigenvalue weighted by Crippen LogP contribution is -2.53. The van der Waals surface area contributed by atoms with Gasteiger partial charge in [0.15, 0.2) is 0 Å². The van der Waals surface area contributed by atoms with Crippen LogP contribution in [-0.2, 0) is 16.0 Å². The van der Waals surface area contributed by atoms with Gasteiger partial charge in [0, 0.05) is 37.4 Å². The van der Waals surface area contributed by atoms with Gasteiger partial charge < -0.3 is 20.2 Å². The van der Waals surface area contributed by atoms with Crippen molar-refractivity contribution in [2.75, 3.05) is 31.5 Å². The van der Waals surface area contributed by atoms with E-state index < -0.39 is 5.60 Å². The average Bonchev–Trinajstić information content (AvgIpc) is 3.56. The van der Waals surface area contributed by atoms with Gasteiger partial charge >= 0.3 is 0 Å². The van der Waals surface area contributed by atoms with Crippen LogP contribution in [0, 0.1) is 0 Å². The van der Waals surface area contributed by atoms with Crippen LogP contribution >= 0.6 is 0 Å². The molecule has 3 aliphatic rings. The number of nitrogens with one attached hydrogen (secondary N) is 1. The molecule has 0 bridgehead atoms. The van der Waals surface area contributed by atoms with Crippen molar-refractivity contribution in [2.45, 2.75) is 30.8 Å². The Morgan fingerprint density at radius 1 is 0.935 bits per heavy atom. The topological polar surface area (TPSA) is 90.0 Å². The number of hydrogen-bond acceptors (Lipinski definition) is 4. The van der Waals surface area contributed by atoms with E-state index in [-0.39, 0.29) is 23.6 Å². The van der Waals surface area contributed by atoms with E-state index in [1.165, 1.54) is 0 Å². The molecular formula is C24H25N3O4. The number of fused-ring (bicyclic) bond motifs is 1. The number of para-hydroxylation sites is 1. The zero-order valence-corrected chi connectivity index (χ0v) is 17.2. The summed E-state index contributed by atoms with van der Waals surface area (Å²) in [5, 5.41) is 13.0. The summed E-state index contributed by atoms with van der Waals surface area (Å²) < 4.78 is 0. The minimum atomic E-state index is -1.16. The second-order valence-electron chi connectivity index (χ2n) is 8.64. The molecular weight excluding hydrogens is 394 g/mol. The Morgan fingerprint density at radius 3 is 2.26 bits per heavy atom. The molecule has 1 atom stereocenters. The van der Waals surface area contributed by atoms with Gasteiger partial charge in [-0.1, -0.05) is 30.3 Å². The quantitative estimate of drug-likeness (QED) is 0.794. The summed E-state index contributed by atoms with van der Waals surface area (Å²) >= 11 is 0. The fraction of sp³-hybridized carbons (Fsp3) is 0.375. The molecule has 0 aromatic heterocycles. The fourth-order valence-electron chi connectivity index (χ4n) is 4.40. The Hall–Kier alpha value is -3.19. The van der Waals surface area contributed by atoms with Crippen molar-refractivity contribution in [3.63, 3.8) is 0 Å². The van der Waals surface area contributed by atoms with Crippen molar-refractivity contribution in [1.29, 1.82) is 0 Å². The highest BCUT2D eigenvalue weighted by molar-refractivity contribution is 5.99. The normalized spacial score (nSPS) is 21.8. The van der Waals surface area contributed by atoms with E-state index in [1.54, 1.807) is 21.9 Å². The third kappa shape index (κ3) is 3.70. The maximum atomic E-state index is 12.9. The zero-order chi connectivity index (χ0) is 21.6. The second kappa shape index (κ2) is 7.50. The lowest BCUT2D eigenvalue weighted by Gasteiger charge is -2.35. The van der Waals surface area contributed by atoms with Crippen molar-refractivity contribution in [2.24, 2.45) is 0 Å². The Morgan fingerprint density at radius 2 is 1.58 bits per heavy atom. The number of piperazine rings is 1. The van der Waals surface area contributed by atoms with Gasteiger partial charge in [0.25, 0.3) is 11.8 Å². The zero-order valence-electron chi connectivity index (χ0n) is 17.2. The number of amides is 3. The molecule has 2 heterocycles. The lowest BCUT2D eigenvalue weighted by molar-refractivity contribution is -0.143. The van der Waals surface area contributed by atoms with Gasteiger partial charge in [-0.3, -0.25) is 14.4 Å². The van der Waals surface area contributed by atoms with Crippen molar-refractivity contribution < 1.29 is 19.5 Å². The van der Waals surface area contributed by atoms with Crippen LogP contribution in [0.3, 0.4) is 0 Å². The van der Waals surface area contributed by atoms with Crippen molar-refractivity contribution in [3.8, 4) is 0 Å². The predicted octanol–water partition coefficient (Wildman–Crippen LogP) is 1.77. The number of carbonyl (C=O) groups excluding carboxylic acids is 3. The van der Waals surface area contributed by atoms with Crippen molar-refractivity contribution in [3.05, 3.63) is 65.2 Å². The SMILES string of the molecule is O=C1Nc2ccccc2CC1c1ccc(C(=O)N2CCN(C(=O)C3(O)CC3)CC2)cc1. The van der Waals surface area contributed by atoms with Crippen LogP contribution in [0.2, 0.25) is 0 Å². The van der Waals surface area contributed by atoms with E-state index >= 15 is 0 Å². The molecule has 0 spiro atoms. The van der Waals surface area contributed by atoms with Gasteiger partial charge in [0.05, 0.1) is 5.92 Å². The maximum Gasteiger partial charge on any atom is 0.254 e. The molecule has 31 heavy (non-hydrogen) atoms. The number of carbonyl (C=O) groups is 3. The molecule has 2 fully saturated rings. The highest BCUT2D eigenvalue weighted by Gasteiger charge is 2.50. The number of aliphatic hydroxyl groups is 1. The number of benzene rings is 2. The Kier molecular flexibility index (Phi) is 4.78. The summed E-state index contributed by atoms with van der Waals surface area (Å²) in [7, 11) is 0. The van der Waals surface area contributed by atoms with Crippen LogP contribution in [-0.4, -0.2) is 64.4 Å². The molecule has 3 amide bonds. The molecule has 5 rings (SSSR count). The van der Waals surface area contributed by atoms with Crippen LogP contribution in [0.1, 0.15) is 40.2 Å². The molecule has 1 unspecified atom stereocenters. The minimum absolute atomic E-state index is 0.0316. The second-order valence-corrected chi connectivity index (χ2v) is 8.64. The summed E-state index contributed by atoms with van der Waals surface area (Å²) in [4.78, 5) is 41.1. The molecule has 160 valence electrons. The third-order valence-electron chi connectivity index (χ3n) is 6.55. The highest BCUT2D eigenvalue weighted by atomic mass is 16.3. The van der Waals surface area contributed by atoms with Crippen LogP contribution in [0.4, 0.5) is 5.69 Å². The summed E-state index contributed by atoms with van der Waals surface area (Å²) in [6.45, 7) is 1.77. The Bertz CT molecular complexity index is 1040. The van der Waals surface area contributed by atoms with Gasteiger partial charge in [-0.25, -0.2) is 0 Å². The fourth-order valence-corrected chi connectivity index (χ4v) is 4.40. The summed E-state index contributed by atoms with van der Waals surface area (Å²) in [6, 6.07) is 15.1. The van der Waals surface area contributed by atoms with Gasteiger partial charge in [-0.05, 0) is 48.6 Å². The first-order chi connectivity index (χ1) is 14.9. The summed E-state index contributed by atoms with van der Waals surface area (Å²) in [6.07, 6.45) is 1.70. The number of anilines is 1. The molecule has 7 heteroatoms. The van der Waals surface area contributed by atoms with Gasteiger partial charge in [-0.2, -0.15) is 0 Å². The lowest BCUT2D eigenvalue weighted by atomic mass is 9.87. The third-order valence-corrected chi connectivity index (χ3v) is 6.55. The summed E-state index contributed by atoms with van der Waals surface area (Å²) in [5.41, 5.74) is 2.27. The Labute approximate surface area is 180 Å². The molecule has 1 saturated heterocycles. The molecule has 2 aromatic rings. The number of rotatable bonds is 3. The summed E-state index contributed by atoms with van der Waals surface area (Å²) in [5.74, 6) is -0.601. The number of hydrogen-bond donors (Lipinski definition) is 2. The molecule has 2 N–H and O–H groups in total. The first-order valence-corrected chi connectivity index (χ1v) is 10.7. The van der Waals surface area contributed by atoms with Crippen molar-refractivity contribution in [1.82, 2.24) is 9.80 Å². The largest absolute Gasteiger partial charge is 0.380 e. The van der Waals surface area contributed by atoms with E-state index in [0.29, 0.717) is 51.0 Å². The molecule has 1 aliphatic carbocycles. The molecule has 0 radical (unpaired) electrons. The predicted molar refractivity (Wildman–Crippen MR) is 115 cm³/mol. The van der Waals surface area contributed by atoms with Crippen molar-refractivity contribution >= 4 is 23.4 Å². The highest BCUT2D eigenvalue weighted by Crippen LogP contribution is 2.37. The van der Waals surface area contributed by atoms with E-state index in [9.17, 15) is 19.5 Å². The smallest absolute Gasteiger partial charge is 0.254 e. The van der Waals surface area contributed by atoms with Gasteiger partial charge in [0.1, 0.15) is 5.60 Å². The van der Waals surface area contributed by atoms with E-state index in [4.69, 9.17) is 0 Å². The van der Waals surface area contributed by atoms with Gasteiger partial charge in [-0.15, -0.1) is 0 Å². The molecule has 7 nitrogen and oxygen atoms in total. The number of nitrogens with zero attached hydrogens (tertiary/aromatic N) is 2. The molecule has 2 aromatic carbocycles. The van der Waals surface area contributed by atoms with Crippen LogP contribution in [0.25, 0.3) is 0 Å². The average molecular weight is 419 g/mol. The Balaban J connectivity index is 1.23. The van der Waals surface area contributed by atoms with Crippen LogP contribution < -0.4 is 5.32 Å².